The third-order valence-corrected chi connectivity index (χ3v) is 4.49. The van der Waals surface area contributed by atoms with Crippen molar-refractivity contribution in [3.63, 3.8) is 0 Å². The van der Waals surface area contributed by atoms with E-state index in [0.717, 1.165) is 5.56 Å². The fourth-order valence-corrected chi connectivity index (χ4v) is 3.12. The number of para-hydroxylation sites is 1. The number of pyridine rings is 1. The number of amides is 1. The van der Waals surface area contributed by atoms with Crippen molar-refractivity contribution in [2.75, 3.05) is 6.54 Å². The zero-order valence-corrected chi connectivity index (χ0v) is 15.0. The Morgan fingerprint density at radius 2 is 1.81 bits per heavy atom. The summed E-state index contributed by atoms with van der Waals surface area (Å²) in [4.78, 5) is 24.9. The van der Waals surface area contributed by atoms with Crippen LogP contribution in [0.2, 0.25) is 0 Å². The molecule has 0 fully saturated rings. The van der Waals surface area contributed by atoms with Crippen LogP contribution in [0.25, 0.3) is 22.3 Å². The van der Waals surface area contributed by atoms with Gasteiger partial charge in [0, 0.05) is 54.7 Å². The minimum absolute atomic E-state index is 0.176. The van der Waals surface area contributed by atoms with E-state index < -0.39 is 0 Å². The predicted molar refractivity (Wildman–Crippen MR) is 104 cm³/mol. The van der Waals surface area contributed by atoms with Crippen LogP contribution in [0, 0.1) is 6.92 Å². The molecule has 0 saturated heterocycles. The lowest BCUT2D eigenvalue weighted by Gasteiger charge is -2.10. The fourth-order valence-electron chi connectivity index (χ4n) is 3.12. The molecule has 6 nitrogen and oxygen atoms in total. The predicted octanol–water partition coefficient (Wildman–Crippen LogP) is 3.23. The van der Waals surface area contributed by atoms with E-state index in [9.17, 15) is 4.79 Å². The smallest absolute Gasteiger partial charge is 0.254 e. The first-order chi connectivity index (χ1) is 13.2. The standard InChI is InChI=1S/C21H19N5O/c1-15-12-17-4-2-3-5-19(17)26(15)11-10-23-21(27)18-13-24-20(25-14-18)16-6-8-22-9-7-16/h2-9,12-14H,10-11H2,1H3,(H,23,27). The van der Waals surface area contributed by atoms with Crippen molar-refractivity contribution < 1.29 is 4.79 Å². The van der Waals surface area contributed by atoms with Crippen LogP contribution in [0.3, 0.4) is 0 Å². The molecule has 1 amide bonds. The molecule has 0 spiro atoms. The quantitative estimate of drug-likeness (QED) is 0.595. The number of carbonyl (C=O) groups is 1. The Labute approximate surface area is 156 Å². The van der Waals surface area contributed by atoms with E-state index in [1.807, 2.05) is 24.3 Å². The highest BCUT2D eigenvalue weighted by molar-refractivity contribution is 5.93. The molecule has 6 heteroatoms. The van der Waals surface area contributed by atoms with Gasteiger partial charge in [-0.15, -0.1) is 0 Å². The minimum atomic E-state index is -0.176. The number of fused-ring (bicyclic) bond motifs is 1. The van der Waals surface area contributed by atoms with Gasteiger partial charge in [0.15, 0.2) is 5.82 Å². The summed E-state index contributed by atoms with van der Waals surface area (Å²) in [7, 11) is 0. The van der Waals surface area contributed by atoms with E-state index in [-0.39, 0.29) is 5.91 Å². The number of nitrogens with zero attached hydrogens (tertiary/aromatic N) is 4. The number of aromatic nitrogens is 4. The molecule has 0 saturated carbocycles. The van der Waals surface area contributed by atoms with Crippen molar-refractivity contribution in [3.05, 3.63) is 78.5 Å². The second-order valence-electron chi connectivity index (χ2n) is 6.28. The maximum Gasteiger partial charge on any atom is 0.254 e. The number of hydrogen-bond donors (Lipinski definition) is 1. The van der Waals surface area contributed by atoms with Crippen molar-refractivity contribution >= 4 is 16.8 Å². The van der Waals surface area contributed by atoms with Crippen molar-refractivity contribution in [1.29, 1.82) is 0 Å². The zero-order valence-electron chi connectivity index (χ0n) is 15.0. The van der Waals surface area contributed by atoms with Gasteiger partial charge in [0.2, 0.25) is 0 Å². The third kappa shape index (κ3) is 3.55. The van der Waals surface area contributed by atoms with E-state index in [1.165, 1.54) is 16.6 Å². The summed E-state index contributed by atoms with van der Waals surface area (Å²) >= 11 is 0. The Bertz CT molecular complexity index is 1070. The summed E-state index contributed by atoms with van der Waals surface area (Å²) < 4.78 is 2.21. The van der Waals surface area contributed by atoms with E-state index in [4.69, 9.17) is 0 Å². The van der Waals surface area contributed by atoms with Crippen molar-refractivity contribution in [1.82, 2.24) is 24.8 Å². The van der Waals surface area contributed by atoms with Crippen molar-refractivity contribution in [2.45, 2.75) is 13.5 Å². The summed E-state index contributed by atoms with van der Waals surface area (Å²) in [5.74, 6) is 0.397. The Kier molecular flexibility index (Phi) is 4.61. The van der Waals surface area contributed by atoms with E-state index in [2.05, 4.69) is 50.0 Å². The summed E-state index contributed by atoms with van der Waals surface area (Å²) in [5, 5.41) is 4.15. The van der Waals surface area contributed by atoms with Crippen LogP contribution in [0.4, 0.5) is 0 Å². The van der Waals surface area contributed by atoms with Crippen LogP contribution >= 0.6 is 0 Å². The number of aryl methyl sites for hydroxylation is 1. The molecule has 4 aromatic rings. The van der Waals surface area contributed by atoms with E-state index >= 15 is 0 Å². The third-order valence-electron chi connectivity index (χ3n) is 4.49. The van der Waals surface area contributed by atoms with Gasteiger partial charge in [0.25, 0.3) is 5.91 Å². The lowest BCUT2D eigenvalue weighted by molar-refractivity contribution is 0.0951. The van der Waals surface area contributed by atoms with Crippen LogP contribution in [0.1, 0.15) is 16.1 Å². The average molecular weight is 357 g/mol. The number of nitrogens with one attached hydrogen (secondary N) is 1. The number of carbonyl (C=O) groups excluding carboxylic acids is 1. The Hall–Kier alpha value is -3.54. The highest BCUT2D eigenvalue weighted by Gasteiger charge is 2.09. The van der Waals surface area contributed by atoms with Gasteiger partial charge < -0.3 is 9.88 Å². The number of benzene rings is 1. The number of rotatable bonds is 5. The molecular formula is C21H19N5O. The first kappa shape index (κ1) is 16.9. The molecule has 0 radical (unpaired) electrons. The Morgan fingerprint density at radius 1 is 1.07 bits per heavy atom. The SMILES string of the molecule is Cc1cc2ccccc2n1CCNC(=O)c1cnc(-c2ccncc2)nc1. The zero-order chi connectivity index (χ0) is 18.6. The van der Waals surface area contributed by atoms with Crippen LogP contribution in [-0.2, 0) is 6.54 Å². The lowest BCUT2D eigenvalue weighted by Crippen LogP contribution is -2.27. The second-order valence-corrected chi connectivity index (χ2v) is 6.28. The molecule has 0 bridgehead atoms. The van der Waals surface area contributed by atoms with Crippen LogP contribution in [-0.4, -0.2) is 32.0 Å². The Balaban J connectivity index is 1.40. The molecule has 3 heterocycles. The van der Waals surface area contributed by atoms with Crippen molar-refractivity contribution in [3.8, 4) is 11.4 Å². The topological polar surface area (TPSA) is 72.7 Å². The van der Waals surface area contributed by atoms with Gasteiger partial charge >= 0.3 is 0 Å². The van der Waals surface area contributed by atoms with Gasteiger partial charge in [-0.25, -0.2) is 9.97 Å². The van der Waals surface area contributed by atoms with Crippen molar-refractivity contribution in [2.24, 2.45) is 0 Å². The van der Waals surface area contributed by atoms with Crippen LogP contribution in [0.5, 0.6) is 0 Å². The summed E-state index contributed by atoms with van der Waals surface area (Å²) in [6, 6.07) is 14.1. The van der Waals surface area contributed by atoms with Crippen LogP contribution < -0.4 is 5.32 Å². The first-order valence-electron chi connectivity index (χ1n) is 8.78. The molecule has 3 aromatic heterocycles. The molecular weight excluding hydrogens is 338 g/mol. The van der Waals surface area contributed by atoms with Gasteiger partial charge in [-0.3, -0.25) is 9.78 Å². The lowest BCUT2D eigenvalue weighted by atomic mass is 10.2. The molecule has 1 aromatic carbocycles. The maximum atomic E-state index is 12.4. The van der Waals surface area contributed by atoms with Gasteiger partial charge in [0.05, 0.1) is 5.56 Å². The molecule has 0 atom stereocenters. The summed E-state index contributed by atoms with van der Waals surface area (Å²) in [6.07, 6.45) is 6.47. The molecule has 0 aliphatic rings. The number of hydrogen-bond acceptors (Lipinski definition) is 4. The van der Waals surface area contributed by atoms with Gasteiger partial charge in [-0.05, 0) is 36.6 Å². The van der Waals surface area contributed by atoms with E-state index in [1.54, 1.807) is 24.8 Å². The van der Waals surface area contributed by atoms with Gasteiger partial charge in [-0.2, -0.15) is 0 Å². The first-order valence-corrected chi connectivity index (χ1v) is 8.78. The summed E-state index contributed by atoms with van der Waals surface area (Å²) in [5.41, 5.74) is 3.67. The van der Waals surface area contributed by atoms with E-state index in [0.29, 0.717) is 24.5 Å². The molecule has 0 aliphatic heterocycles. The average Bonchev–Trinajstić information content (AvgIpc) is 3.04. The highest BCUT2D eigenvalue weighted by atomic mass is 16.1. The molecule has 1 N–H and O–H groups in total. The maximum absolute atomic E-state index is 12.4. The molecule has 4 rings (SSSR count). The second kappa shape index (κ2) is 7.37. The minimum Gasteiger partial charge on any atom is -0.350 e. The molecule has 0 aliphatic carbocycles. The Morgan fingerprint density at radius 3 is 2.59 bits per heavy atom. The molecule has 0 unspecified atom stereocenters. The van der Waals surface area contributed by atoms with Crippen LogP contribution in [0.15, 0.2) is 67.3 Å². The monoisotopic (exact) mass is 357 g/mol. The van der Waals surface area contributed by atoms with Gasteiger partial charge in [-0.1, -0.05) is 18.2 Å². The molecule has 27 heavy (non-hydrogen) atoms. The normalized spacial score (nSPS) is 10.9. The highest BCUT2D eigenvalue weighted by Crippen LogP contribution is 2.18. The summed E-state index contributed by atoms with van der Waals surface area (Å²) in [6.45, 7) is 3.32. The van der Waals surface area contributed by atoms with Gasteiger partial charge in [0.1, 0.15) is 0 Å². The largest absolute Gasteiger partial charge is 0.350 e. The fraction of sp³-hybridized carbons (Fsp3) is 0.143. The molecule has 134 valence electrons.